The van der Waals surface area contributed by atoms with Gasteiger partial charge in [0.2, 0.25) is 5.88 Å². The van der Waals surface area contributed by atoms with Crippen molar-refractivity contribution < 1.29 is 9.13 Å². The molecule has 5 rings (SSSR count). The highest BCUT2D eigenvalue weighted by Gasteiger charge is 2.30. The van der Waals surface area contributed by atoms with Crippen molar-refractivity contribution in [1.29, 1.82) is 0 Å². The molecule has 0 bridgehead atoms. The monoisotopic (exact) mass is 471 g/mol. The van der Waals surface area contributed by atoms with Gasteiger partial charge in [0.25, 0.3) is 0 Å². The van der Waals surface area contributed by atoms with E-state index in [0.717, 1.165) is 47.5 Å². The summed E-state index contributed by atoms with van der Waals surface area (Å²) in [5.41, 5.74) is 2.83. The van der Waals surface area contributed by atoms with E-state index in [-0.39, 0.29) is 11.9 Å². The van der Waals surface area contributed by atoms with Crippen molar-refractivity contribution in [1.82, 2.24) is 14.8 Å². The van der Waals surface area contributed by atoms with Gasteiger partial charge in [-0.05, 0) is 86.4 Å². The molecule has 166 valence electrons. The van der Waals surface area contributed by atoms with Gasteiger partial charge in [0.1, 0.15) is 5.82 Å². The number of halogens is 3. The van der Waals surface area contributed by atoms with Crippen molar-refractivity contribution in [2.75, 3.05) is 7.11 Å². The summed E-state index contributed by atoms with van der Waals surface area (Å²) in [6.07, 6.45) is 6.05. The van der Waals surface area contributed by atoms with E-state index in [1.165, 1.54) is 11.6 Å². The zero-order valence-electron chi connectivity index (χ0n) is 18.0. The fourth-order valence-electron chi connectivity index (χ4n) is 5.16. The molecule has 0 radical (unpaired) electrons. The van der Waals surface area contributed by atoms with Gasteiger partial charge in [-0.2, -0.15) is 5.10 Å². The fraction of sp³-hybridized carbons (Fsp3) is 0.360. The number of aromatic nitrogens is 3. The van der Waals surface area contributed by atoms with Crippen molar-refractivity contribution in [2.24, 2.45) is 5.92 Å². The molecule has 1 aliphatic carbocycles. The molecule has 1 atom stereocenters. The maximum absolute atomic E-state index is 13.9. The normalized spacial score (nSPS) is 20.0. The topological polar surface area (TPSA) is 39.9 Å². The lowest BCUT2D eigenvalue weighted by atomic mass is 9.75. The third kappa shape index (κ3) is 3.71. The number of ether oxygens (including phenoxy) is 1. The largest absolute Gasteiger partial charge is 0.481 e. The standard InChI is InChI=1S/C25H24Cl2FN3O/c1-14(31-25(32-2)20-12-21(26)22(27)13-24(20)30-31)15-3-5-16(6-4-15)18-9-10-29-23-8-7-17(28)11-19(18)23/h7-16H,3-6H2,1-2H3/t14-,15-,16+/m1/s1. The van der Waals surface area contributed by atoms with Gasteiger partial charge in [0, 0.05) is 11.6 Å². The van der Waals surface area contributed by atoms with Gasteiger partial charge in [-0.1, -0.05) is 23.2 Å². The number of hydrogen-bond acceptors (Lipinski definition) is 3. The van der Waals surface area contributed by atoms with E-state index in [4.69, 9.17) is 33.0 Å². The van der Waals surface area contributed by atoms with Gasteiger partial charge in [0.05, 0.1) is 39.6 Å². The average Bonchev–Trinajstić information content (AvgIpc) is 3.15. The molecule has 0 amide bonds. The minimum Gasteiger partial charge on any atom is -0.481 e. The second kappa shape index (κ2) is 8.53. The zero-order chi connectivity index (χ0) is 22.4. The quantitative estimate of drug-likeness (QED) is 0.308. The molecule has 2 aromatic heterocycles. The van der Waals surface area contributed by atoms with Gasteiger partial charge >= 0.3 is 0 Å². The molecular formula is C25H24Cl2FN3O. The highest BCUT2D eigenvalue weighted by molar-refractivity contribution is 6.42. The molecule has 7 heteroatoms. The van der Waals surface area contributed by atoms with Crippen LogP contribution >= 0.6 is 23.2 Å². The molecule has 0 spiro atoms. The summed E-state index contributed by atoms with van der Waals surface area (Å²) in [5, 5.41) is 7.56. The molecule has 0 N–H and O–H groups in total. The Kier molecular flexibility index (Phi) is 5.72. The number of benzene rings is 2. The zero-order valence-corrected chi connectivity index (χ0v) is 19.5. The Morgan fingerprint density at radius 2 is 1.75 bits per heavy atom. The van der Waals surface area contributed by atoms with Crippen LogP contribution in [0.15, 0.2) is 42.6 Å². The van der Waals surface area contributed by atoms with E-state index in [9.17, 15) is 4.39 Å². The molecule has 2 aromatic carbocycles. The highest BCUT2D eigenvalue weighted by Crippen LogP contribution is 2.43. The fourth-order valence-corrected chi connectivity index (χ4v) is 5.48. The lowest BCUT2D eigenvalue weighted by Crippen LogP contribution is -2.23. The predicted molar refractivity (Wildman–Crippen MR) is 127 cm³/mol. The van der Waals surface area contributed by atoms with Crippen LogP contribution in [0, 0.1) is 11.7 Å². The van der Waals surface area contributed by atoms with Crippen LogP contribution in [-0.4, -0.2) is 21.9 Å². The molecule has 1 saturated carbocycles. The minimum absolute atomic E-state index is 0.169. The lowest BCUT2D eigenvalue weighted by molar-refractivity contribution is 0.219. The number of rotatable bonds is 4. The third-order valence-corrected chi connectivity index (χ3v) is 7.63. The molecule has 0 aliphatic heterocycles. The van der Waals surface area contributed by atoms with E-state index in [2.05, 4.69) is 11.9 Å². The molecule has 1 aliphatic rings. The van der Waals surface area contributed by atoms with Crippen LogP contribution in [0.1, 0.15) is 50.1 Å². The molecule has 1 fully saturated rings. The SMILES string of the molecule is COc1c2cc(Cl)c(Cl)cc2nn1[C@H](C)[C@H]1CC[C@@H](c2ccnc3ccc(F)cc32)CC1. The number of nitrogens with zero attached hydrogens (tertiary/aromatic N) is 3. The molecule has 2 heterocycles. The van der Waals surface area contributed by atoms with Crippen molar-refractivity contribution in [3.8, 4) is 5.88 Å². The first-order valence-electron chi connectivity index (χ1n) is 10.9. The van der Waals surface area contributed by atoms with E-state index >= 15 is 0 Å². The van der Waals surface area contributed by atoms with Crippen LogP contribution in [-0.2, 0) is 0 Å². The smallest absolute Gasteiger partial charge is 0.219 e. The van der Waals surface area contributed by atoms with Crippen LogP contribution < -0.4 is 4.74 Å². The first-order valence-corrected chi connectivity index (χ1v) is 11.7. The maximum atomic E-state index is 13.9. The summed E-state index contributed by atoms with van der Waals surface area (Å²) in [4.78, 5) is 4.40. The molecule has 32 heavy (non-hydrogen) atoms. The van der Waals surface area contributed by atoms with Crippen LogP contribution in [0.3, 0.4) is 0 Å². The second-order valence-corrected chi connectivity index (χ2v) is 9.47. The first kappa shape index (κ1) is 21.5. The summed E-state index contributed by atoms with van der Waals surface area (Å²) >= 11 is 12.4. The molecule has 0 unspecified atom stereocenters. The van der Waals surface area contributed by atoms with Gasteiger partial charge in [-0.25, -0.2) is 9.07 Å². The summed E-state index contributed by atoms with van der Waals surface area (Å²) in [6, 6.07) is 10.7. The lowest BCUT2D eigenvalue weighted by Gasteiger charge is -2.33. The van der Waals surface area contributed by atoms with Crippen molar-refractivity contribution in [3.63, 3.8) is 0 Å². The first-order chi connectivity index (χ1) is 15.5. The Morgan fingerprint density at radius 3 is 2.50 bits per heavy atom. The number of methoxy groups -OCH3 is 1. The summed E-state index contributed by atoms with van der Waals surface area (Å²) in [5.74, 6) is 1.36. The Morgan fingerprint density at radius 1 is 1.00 bits per heavy atom. The van der Waals surface area contributed by atoms with Crippen LogP contribution in [0.5, 0.6) is 5.88 Å². The molecule has 0 saturated heterocycles. The summed E-state index contributed by atoms with van der Waals surface area (Å²) in [6.45, 7) is 2.19. The van der Waals surface area contributed by atoms with Crippen molar-refractivity contribution >= 4 is 45.0 Å². The van der Waals surface area contributed by atoms with E-state index < -0.39 is 0 Å². The van der Waals surface area contributed by atoms with Crippen LogP contribution in [0.25, 0.3) is 21.8 Å². The average molecular weight is 472 g/mol. The second-order valence-electron chi connectivity index (χ2n) is 8.65. The maximum Gasteiger partial charge on any atom is 0.219 e. The molecule has 4 nitrogen and oxygen atoms in total. The van der Waals surface area contributed by atoms with Gasteiger partial charge < -0.3 is 4.74 Å². The predicted octanol–water partition coefficient (Wildman–Crippen LogP) is 7.57. The Bertz CT molecular complexity index is 1300. The van der Waals surface area contributed by atoms with Crippen molar-refractivity contribution in [2.45, 2.75) is 44.6 Å². The summed E-state index contributed by atoms with van der Waals surface area (Å²) < 4.78 is 21.6. The summed E-state index contributed by atoms with van der Waals surface area (Å²) in [7, 11) is 1.66. The van der Waals surface area contributed by atoms with E-state index in [1.807, 2.05) is 23.0 Å². The molecule has 4 aromatic rings. The van der Waals surface area contributed by atoms with Crippen LogP contribution in [0.4, 0.5) is 4.39 Å². The molecular weight excluding hydrogens is 448 g/mol. The minimum atomic E-state index is -0.216. The Labute approximate surface area is 196 Å². The van der Waals surface area contributed by atoms with Gasteiger partial charge in [-0.3, -0.25) is 4.98 Å². The van der Waals surface area contributed by atoms with Crippen LogP contribution in [0.2, 0.25) is 10.0 Å². The van der Waals surface area contributed by atoms with Gasteiger partial charge in [0.15, 0.2) is 0 Å². The van der Waals surface area contributed by atoms with Gasteiger partial charge in [-0.15, -0.1) is 0 Å². The Hall–Kier alpha value is -2.37. The number of hydrogen-bond donors (Lipinski definition) is 0. The third-order valence-electron chi connectivity index (χ3n) is 6.90. The Balaban J connectivity index is 1.39. The van der Waals surface area contributed by atoms with Crippen molar-refractivity contribution in [3.05, 3.63) is 64.0 Å². The number of fused-ring (bicyclic) bond motifs is 2. The highest BCUT2D eigenvalue weighted by atomic mass is 35.5. The van der Waals surface area contributed by atoms with E-state index in [1.54, 1.807) is 25.3 Å². The number of pyridine rings is 1. The van der Waals surface area contributed by atoms with E-state index in [0.29, 0.717) is 27.8 Å².